The van der Waals surface area contributed by atoms with Gasteiger partial charge in [0, 0.05) is 45.2 Å². The van der Waals surface area contributed by atoms with Gasteiger partial charge in [-0.15, -0.1) is 0 Å². The zero-order valence-corrected chi connectivity index (χ0v) is 12.9. The van der Waals surface area contributed by atoms with Gasteiger partial charge < -0.3 is 24.4 Å². The minimum atomic E-state index is 0.149. The van der Waals surface area contributed by atoms with Gasteiger partial charge in [-0.05, 0) is 14.1 Å². The summed E-state index contributed by atoms with van der Waals surface area (Å²) in [4.78, 5) is 9.26. The minimum absolute atomic E-state index is 0.149. The number of aromatic nitrogens is 2. The Morgan fingerprint density at radius 3 is 3.00 bits per heavy atom. The summed E-state index contributed by atoms with van der Waals surface area (Å²) in [5.41, 5.74) is 0. The maximum Gasteiger partial charge on any atom is 0.229 e. The highest BCUT2D eigenvalue weighted by molar-refractivity contribution is 4.94. The Labute approximate surface area is 125 Å². The van der Waals surface area contributed by atoms with Gasteiger partial charge in [0.2, 0.25) is 5.89 Å². The Bertz CT molecular complexity index is 446. The van der Waals surface area contributed by atoms with E-state index in [9.17, 15) is 0 Å². The summed E-state index contributed by atoms with van der Waals surface area (Å²) in [6.07, 6.45) is 1.68. The largest absolute Gasteiger partial charge is 0.375 e. The number of nitrogens with zero attached hydrogens (tertiary/aromatic N) is 4. The summed E-state index contributed by atoms with van der Waals surface area (Å²) in [7, 11) is 4.33. The maximum atomic E-state index is 5.67. The van der Waals surface area contributed by atoms with Gasteiger partial charge in [-0.25, -0.2) is 0 Å². The Hall–Kier alpha value is -1.02. The second-order valence-corrected chi connectivity index (χ2v) is 6.11. The molecule has 2 aliphatic heterocycles. The van der Waals surface area contributed by atoms with E-state index in [1.807, 2.05) is 0 Å². The minimum Gasteiger partial charge on any atom is -0.375 e. The fraction of sp³-hybridized carbons (Fsp3) is 0.857. The van der Waals surface area contributed by atoms with Crippen molar-refractivity contribution in [3.63, 3.8) is 0 Å². The Kier molecular flexibility index (Phi) is 4.84. The molecular weight excluding hydrogens is 270 g/mol. The van der Waals surface area contributed by atoms with Crippen LogP contribution < -0.4 is 5.32 Å². The molecule has 3 rings (SSSR count). The highest BCUT2D eigenvalue weighted by Gasteiger charge is 2.25. The molecule has 2 saturated heterocycles. The predicted molar refractivity (Wildman–Crippen MR) is 78.2 cm³/mol. The number of rotatable bonds is 4. The summed E-state index contributed by atoms with van der Waals surface area (Å²) in [6.45, 7) is 5.80. The molecule has 0 spiro atoms. The Balaban J connectivity index is 1.54. The van der Waals surface area contributed by atoms with E-state index in [0.29, 0.717) is 18.4 Å². The molecule has 0 saturated carbocycles. The van der Waals surface area contributed by atoms with Crippen LogP contribution in [0.3, 0.4) is 0 Å². The molecule has 3 heterocycles. The second kappa shape index (κ2) is 6.83. The van der Waals surface area contributed by atoms with E-state index < -0.39 is 0 Å². The molecule has 2 aliphatic rings. The summed E-state index contributed by atoms with van der Waals surface area (Å²) in [6, 6.07) is 0.460. The number of morpholine rings is 1. The first kappa shape index (κ1) is 14.9. The second-order valence-electron chi connectivity index (χ2n) is 6.11. The number of hydrogen-bond donors (Lipinski definition) is 1. The molecule has 2 atom stereocenters. The number of hydrogen-bond acceptors (Lipinski definition) is 7. The summed E-state index contributed by atoms with van der Waals surface area (Å²) >= 11 is 0. The van der Waals surface area contributed by atoms with E-state index in [-0.39, 0.29) is 6.10 Å². The van der Waals surface area contributed by atoms with E-state index in [2.05, 4.69) is 39.4 Å². The van der Waals surface area contributed by atoms with Gasteiger partial charge in [-0.2, -0.15) is 4.98 Å². The first-order valence-electron chi connectivity index (χ1n) is 7.73. The van der Waals surface area contributed by atoms with Gasteiger partial charge in [-0.1, -0.05) is 5.16 Å². The lowest BCUT2D eigenvalue weighted by molar-refractivity contribution is 0.0246. The third-order valence-electron chi connectivity index (χ3n) is 4.32. The molecule has 0 aliphatic carbocycles. The van der Waals surface area contributed by atoms with Crippen LogP contribution in [0.5, 0.6) is 0 Å². The lowest BCUT2D eigenvalue weighted by atomic mass is 10.1. The summed E-state index contributed by atoms with van der Waals surface area (Å²) in [5, 5.41) is 7.44. The fourth-order valence-electron chi connectivity index (χ4n) is 2.93. The van der Waals surface area contributed by atoms with Crippen LogP contribution in [0.1, 0.15) is 11.7 Å². The smallest absolute Gasteiger partial charge is 0.229 e. The molecule has 0 bridgehead atoms. The van der Waals surface area contributed by atoms with Crippen molar-refractivity contribution >= 4 is 0 Å². The average Bonchev–Trinajstić information content (AvgIpc) is 2.91. The van der Waals surface area contributed by atoms with E-state index >= 15 is 0 Å². The molecule has 118 valence electrons. The number of likely N-dealkylation sites (N-methyl/N-ethyl adjacent to an activating group) is 2. The van der Waals surface area contributed by atoms with Crippen LogP contribution in [0.4, 0.5) is 0 Å². The zero-order chi connectivity index (χ0) is 14.7. The molecule has 1 aromatic heterocycles. The van der Waals surface area contributed by atoms with Gasteiger partial charge in [0.05, 0.1) is 19.1 Å². The highest BCUT2D eigenvalue weighted by Crippen LogP contribution is 2.12. The van der Waals surface area contributed by atoms with Crippen molar-refractivity contribution in [1.82, 2.24) is 25.3 Å². The molecule has 7 nitrogen and oxygen atoms in total. The Morgan fingerprint density at radius 2 is 2.19 bits per heavy atom. The molecule has 1 aromatic rings. The van der Waals surface area contributed by atoms with Crippen LogP contribution in [0.25, 0.3) is 0 Å². The third kappa shape index (κ3) is 4.00. The lowest BCUT2D eigenvalue weighted by Gasteiger charge is -2.37. The normalized spacial score (nSPS) is 28.9. The standard InChI is InChI=1S/C14H25N5O2/c1-18-4-5-19(2)11(10-18)7-13-16-14(21-17-13)8-12-9-15-3-6-20-12/h11-12,15H,3-10H2,1-2H3. The molecule has 7 heteroatoms. The summed E-state index contributed by atoms with van der Waals surface area (Å²) < 4.78 is 11.0. The molecule has 0 amide bonds. The van der Waals surface area contributed by atoms with E-state index in [1.165, 1.54) is 0 Å². The van der Waals surface area contributed by atoms with Crippen molar-refractivity contribution in [3.05, 3.63) is 11.7 Å². The zero-order valence-electron chi connectivity index (χ0n) is 12.9. The topological polar surface area (TPSA) is 66.7 Å². The number of ether oxygens (including phenoxy) is 1. The molecular formula is C14H25N5O2. The van der Waals surface area contributed by atoms with Gasteiger partial charge in [0.25, 0.3) is 0 Å². The van der Waals surface area contributed by atoms with E-state index in [4.69, 9.17) is 9.26 Å². The van der Waals surface area contributed by atoms with Crippen LogP contribution in [0.15, 0.2) is 4.52 Å². The van der Waals surface area contributed by atoms with Crippen molar-refractivity contribution in [2.45, 2.75) is 25.0 Å². The Morgan fingerprint density at radius 1 is 1.29 bits per heavy atom. The maximum absolute atomic E-state index is 5.67. The summed E-state index contributed by atoms with van der Waals surface area (Å²) in [5.74, 6) is 1.49. The van der Waals surface area contributed by atoms with Crippen LogP contribution in [0, 0.1) is 0 Å². The first-order valence-corrected chi connectivity index (χ1v) is 7.73. The van der Waals surface area contributed by atoms with Crippen molar-refractivity contribution in [2.24, 2.45) is 0 Å². The SMILES string of the molecule is CN1CCN(C)C(Cc2noc(CC3CNCCO3)n2)C1. The van der Waals surface area contributed by atoms with Crippen LogP contribution in [-0.2, 0) is 17.6 Å². The molecule has 2 unspecified atom stereocenters. The fourth-order valence-corrected chi connectivity index (χ4v) is 2.93. The van der Waals surface area contributed by atoms with Crippen LogP contribution >= 0.6 is 0 Å². The number of nitrogens with one attached hydrogen (secondary N) is 1. The monoisotopic (exact) mass is 295 g/mol. The van der Waals surface area contributed by atoms with Crippen molar-refractivity contribution in [2.75, 3.05) is 53.4 Å². The third-order valence-corrected chi connectivity index (χ3v) is 4.32. The quantitative estimate of drug-likeness (QED) is 0.795. The van der Waals surface area contributed by atoms with Crippen molar-refractivity contribution in [1.29, 1.82) is 0 Å². The van der Waals surface area contributed by atoms with Gasteiger partial charge >= 0.3 is 0 Å². The molecule has 0 aromatic carbocycles. The van der Waals surface area contributed by atoms with Crippen LogP contribution in [-0.4, -0.2) is 85.5 Å². The number of piperazine rings is 1. The van der Waals surface area contributed by atoms with Crippen LogP contribution in [0.2, 0.25) is 0 Å². The van der Waals surface area contributed by atoms with Crippen molar-refractivity contribution < 1.29 is 9.26 Å². The van der Waals surface area contributed by atoms with E-state index in [0.717, 1.165) is 51.6 Å². The molecule has 21 heavy (non-hydrogen) atoms. The molecule has 1 N–H and O–H groups in total. The van der Waals surface area contributed by atoms with Gasteiger partial charge in [-0.3, -0.25) is 0 Å². The lowest BCUT2D eigenvalue weighted by Crippen LogP contribution is -2.50. The molecule has 2 fully saturated rings. The van der Waals surface area contributed by atoms with E-state index in [1.54, 1.807) is 0 Å². The van der Waals surface area contributed by atoms with Crippen molar-refractivity contribution in [3.8, 4) is 0 Å². The molecule has 0 radical (unpaired) electrons. The highest BCUT2D eigenvalue weighted by atomic mass is 16.5. The van der Waals surface area contributed by atoms with Gasteiger partial charge in [0.15, 0.2) is 5.82 Å². The predicted octanol–water partition coefficient (Wildman–Crippen LogP) is -0.611. The van der Waals surface area contributed by atoms with Gasteiger partial charge in [0.1, 0.15) is 0 Å². The average molecular weight is 295 g/mol. The first-order chi connectivity index (χ1) is 10.2.